The number of anilines is 1. The molecule has 8 nitrogen and oxygen atoms in total. The molecule has 1 N–H and O–H groups in total. The Kier molecular flexibility index (Phi) is 8.10. The number of ether oxygens (including phenoxy) is 1. The molecule has 47 heavy (non-hydrogen) atoms. The van der Waals surface area contributed by atoms with Gasteiger partial charge in [-0.25, -0.2) is 8.42 Å². The summed E-state index contributed by atoms with van der Waals surface area (Å²) in [5.74, 6) is 1.72. The van der Waals surface area contributed by atoms with E-state index >= 15 is 0 Å². The molecule has 1 amide bonds. The van der Waals surface area contributed by atoms with Crippen LogP contribution in [0.15, 0.2) is 51.9 Å². The maximum absolute atomic E-state index is 14.7. The van der Waals surface area contributed by atoms with Crippen LogP contribution in [0.4, 0.5) is 5.82 Å². The fraction of sp³-hybridized carbons (Fsp3) is 0.579. The van der Waals surface area contributed by atoms with Gasteiger partial charge in [0.05, 0.1) is 23.0 Å². The minimum atomic E-state index is -3.99. The smallest absolute Gasteiger partial charge is 0.263 e. The summed E-state index contributed by atoms with van der Waals surface area (Å²) in [7, 11) is -3.99. The molecule has 4 aliphatic rings. The molecule has 9 heteroatoms. The van der Waals surface area contributed by atoms with Gasteiger partial charge < -0.3 is 14.2 Å². The van der Waals surface area contributed by atoms with Crippen molar-refractivity contribution >= 4 is 21.7 Å². The molecule has 1 saturated heterocycles. The van der Waals surface area contributed by atoms with Gasteiger partial charge in [0, 0.05) is 28.6 Å². The zero-order valence-electron chi connectivity index (χ0n) is 28.5. The lowest BCUT2D eigenvalue weighted by atomic mass is 9.66. The summed E-state index contributed by atoms with van der Waals surface area (Å²) in [6, 6.07) is 13.3. The predicted octanol–water partition coefficient (Wildman–Crippen LogP) is 8.32. The Balaban J connectivity index is 1.25. The van der Waals surface area contributed by atoms with Crippen LogP contribution in [0.5, 0.6) is 0 Å². The topological polar surface area (TPSA) is 102 Å². The first kappa shape index (κ1) is 32.4. The Morgan fingerprint density at radius 2 is 1.85 bits per heavy atom. The zero-order valence-corrected chi connectivity index (χ0v) is 29.3. The lowest BCUT2D eigenvalue weighted by molar-refractivity contribution is -0.156. The number of fused-ring (bicyclic) bond motifs is 1. The second-order valence-corrected chi connectivity index (χ2v) is 16.6. The molecular weight excluding hydrogens is 611 g/mol. The van der Waals surface area contributed by atoms with E-state index < -0.39 is 10.0 Å². The predicted molar refractivity (Wildman–Crippen MR) is 182 cm³/mol. The van der Waals surface area contributed by atoms with Gasteiger partial charge in [-0.05, 0) is 88.5 Å². The number of piperidine rings is 1. The maximum Gasteiger partial charge on any atom is 0.263 e. The van der Waals surface area contributed by atoms with E-state index in [9.17, 15) is 13.2 Å². The third-order valence-corrected chi connectivity index (χ3v) is 13.4. The average molecular weight is 660 g/mol. The Morgan fingerprint density at radius 3 is 2.55 bits per heavy atom. The van der Waals surface area contributed by atoms with E-state index in [-0.39, 0.29) is 27.8 Å². The summed E-state index contributed by atoms with van der Waals surface area (Å²) in [6.07, 6.45) is 11.4. The minimum Gasteiger partial charge on any atom is -0.374 e. The van der Waals surface area contributed by atoms with Gasteiger partial charge in [-0.15, -0.1) is 0 Å². The van der Waals surface area contributed by atoms with Gasteiger partial charge in [-0.3, -0.25) is 9.52 Å². The molecule has 0 bridgehead atoms. The summed E-state index contributed by atoms with van der Waals surface area (Å²) in [5, 5.41) is 3.92. The number of nitrogens with zero attached hydrogens (tertiary/aromatic N) is 2. The van der Waals surface area contributed by atoms with Crippen LogP contribution in [-0.2, 0) is 32.7 Å². The number of aryl methyl sites for hydroxylation is 1. The number of nitrogens with one attached hydrogen (secondary N) is 1. The summed E-state index contributed by atoms with van der Waals surface area (Å²) in [6.45, 7) is 10.7. The number of carbonyl (C=O) groups is 1. The Labute approximate surface area is 279 Å². The van der Waals surface area contributed by atoms with Gasteiger partial charge in [0.15, 0.2) is 5.82 Å². The largest absolute Gasteiger partial charge is 0.374 e. The van der Waals surface area contributed by atoms with Gasteiger partial charge in [-0.1, -0.05) is 80.6 Å². The van der Waals surface area contributed by atoms with E-state index in [0.717, 1.165) is 68.1 Å². The van der Waals surface area contributed by atoms with Gasteiger partial charge >= 0.3 is 0 Å². The maximum atomic E-state index is 14.7. The number of rotatable bonds is 12. The van der Waals surface area contributed by atoms with Crippen molar-refractivity contribution in [3.05, 3.63) is 64.9 Å². The van der Waals surface area contributed by atoms with Crippen molar-refractivity contribution in [1.82, 2.24) is 10.1 Å². The molecule has 3 aliphatic carbocycles. The van der Waals surface area contributed by atoms with Gasteiger partial charge in [0.2, 0.25) is 5.91 Å². The summed E-state index contributed by atoms with van der Waals surface area (Å²) in [5.41, 5.74) is 4.15. The van der Waals surface area contributed by atoms with Crippen molar-refractivity contribution in [2.24, 2.45) is 16.7 Å². The van der Waals surface area contributed by atoms with Crippen molar-refractivity contribution in [2.75, 3.05) is 4.72 Å². The van der Waals surface area contributed by atoms with Gasteiger partial charge in [-0.2, -0.15) is 0 Å². The van der Waals surface area contributed by atoms with Crippen LogP contribution in [0, 0.1) is 30.6 Å². The Morgan fingerprint density at radius 1 is 1.09 bits per heavy atom. The van der Waals surface area contributed by atoms with E-state index in [1.165, 1.54) is 12.8 Å². The molecule has 0 radical (unpaired) electrons. The average Bonchev–Trinajstić information content (AvgIpc) is 3.94. The van der Waals surface area contributed by atoms with Gasteiger partial charge in [0.25, 0.3) is 10.0 Å². The quantitative estimate of drug-likeness (QED) is 0.210. The third kappa shape index (κ3) is 5.23. The summed E-state index contributed by atoms with van der Waals surface area (Å²) >= 11 is 0. The van der Waals surface area contributed by atoms with Crippen molar-refractivity contribution in [3.63, 3.8) is 0 Å². The molecule has 1 aromatic heterocycles. The molecule has 3 atom stereocenters. The number of amides is 1. The molecule has 252 valence electrons. The van der Waals surface area contributed by atoms with Crippen LogP contribution in [-0.4, -0.2) is 36.0 Å². The van der Waals surface area contributed by atoms with Crippen LogP contribution in [0.25, 0.3) is 11.1 Å². The van der Waals surface area contributed by atoms with Crippen molar-refractivity contribution < 1.29 is 22.5 Å². The first-order chi connectivity index (χ1) is 22.5. The summed E-state index contributed by atoms with van der Waals surface area (Å²) in [4.78, 5) is 17.2. The second-order valence-electron chi connectivity index (χ2n) is 15.0. The van der Waals surface area contributed by atoms with Gasteiger partial charge in [0.1, 0.15) is 5.76 Å². The Bertz CT molecular complexity index is 1790. The highest BCUT2D eigenvalue weighted by Gasteiger charge is 2.88. The third-order valence-electron chi connectivity index (χ3n) is 12.0. The SMILES string of the molecule is CCCCC12CC13CC3C1(CCCCC1)C(=O)N2Cc1ccc(-c2ccccc2S(=O)(=O)Nc2noc(C)c2C)c(COC(C)C)c1. The summed E-state index contributed by atoms with van der Waals surface area (Å²) < 4.78 is 41.5. The highest BCUT2D eigenvalue weighted by molar-refractivity contribution is 7.92. The lowest BCUT2D eigenvalue weighted by Crippen LogP contribution is -2.56. The van der Waals surface area contributed by atoms with E-state index in [0.29, 0.717) is 47.3 Å². The molecule has 2 heterocycles. The van der Waals surface area contributed by atoms with Crippen LogP contribution in [0.3, 0.4) is 0 Å². The molecule has 2 aromatic carbocycles. The number of hydrogen-bond acceptors (Lipinski definition) is 6. The zero-order chi connectivity index (χ0) is 33.2. The van der Waals surface area contributed by atoms with Crippen molar-refractivity contribution in [2.45, 2.75) is 129 Å². The molecule has 3 unspecified atom stereocenters. The van der Waals surface area contributed by atoms with Crippen LogP contribution >= 0.6 is 0 Å². The highest BCUT2D eigenvalue weighted by Crippen LogP contribution is 2.87. The Hall–Kier alpha value is -3.17. The second kappa shape index (κ2) is 11.8. The number of hydrogen-bond donors (Lipinski definition) is 1. The number of sulfonamides is 1. The number of carbonyl (C=O) groups excluding carboxylic acids is 1. The number of unbranched alkanes of at least 4 members (excludes halogenated alkanes) is 1. The van der Waals surface area contributed by atoms with E-state index in [1.807, 2.05) is 32.0 Å². The fourth-order valence-electron chi connectivity index (χ4n) is 9.29. The number of benzene rings is 2. The molecule has 3 saturated carbocycles. The van der Waals surface area contributed by atoms with Crippen molar-refractivity contribution in [1.29, 1.82) is 0 Å². The van der Waals surface area contributed by atoms with Crippen LogP contribution < -0.4 is 4.72 Å². The van der Waals surface area contributed by atoms with Crippen LogP contribution in [0.2, 0.25) is 0 Å². The number of likely N-dealkylation sites (tertiary alicyclic amines) is 1. The normalized spacial score (nSPS) is 26.0. The van der Waals surface area contributed by atoms with E-state index in [1.54, 1.807) is 26.0 Å². The first-order valence-electron chi connectivity index (χ1n) is 17.6. The monoisotopic (exact) mass is 659 g/mol. The molecule has 7 rings (SSSR count). The minimum absolute atomic E-state index is 0.00389. The van der Waals surface area contributed by atoms with E-state index in [2.05, 4.69) is 33.8 Å². The molecular formula is C38H49N3O5S. The number of aromatic nitrogens is 1. The molecule has 2 spiro atoms. The molecule has 1 aliphatic heterocycles. The van der Waals surface area contributed by atoms with E-state index in [4.69, 9.17) is 9.26 Å². The van der Waals surface area contributed by atoms with Crippen LogP contribution in [0.1, 0.15) is 107 Å². The fourth-order valence-corrected chi connectivity index (χ4v) is 10.6. The highest BCUT2D eigenvalue weighted by atomic mass is 32.2. The first-order valence-corrected chi connectivity index (χ1v) is 19.1. The molecule has 4 fully saturated rings. The molecule has 3 aromatic rings. The lowest BCUT2D eigenvalue weighted by Gasteiger charge is -2.48. The standard InChI is InChI=1S/C38H49N3O5S/c1-6-7-19-38-24-37(38)21-33(37)36(17-11-8-12-18-36)35(42)41(38)22-28-15-16-30(29(20-28)23-45-25(2)3)31-13-9-10-14-32(31)47(43,44)40-34-26(4)27(5)46-39-34/h9-10,13-16,20,25,33H,6-8,11-12,17-19,21-24H2,1-5H3,(H,39,40). The van der Waals surface area contributed by atoms with Crippen molar-refractivity contribution in [3.8, 4) is 11.1 Å².